The molecule has 0 amide bonds. The molecule has 0 aliphatic carbocycles. The first-order valence-corrected chi connectivity index (χ1v) is 5.18. The first-order valence-electron chi connectivity index (χ1n) is 4.80. The van der Waals surface area contributed by atoms with Crippen LogP contribution in [0.3, 0.4) is 0 Å². The lowest BCUT2D eigenvalue weighted by Gasteiger charge is -2.07. The average molecular weight is 251 g/mol. The average Bonchev–Trinajstić information content (AvgIpc) is 2.13. The molecular formula is C10H16Cl2N2O. The van der Waals surface area contributed by atoms with E-state index in [2.05, 4.69) is 6.92 Å². The Morgan fingerprint density at radius 3 is 2.67 bits per heavy atom. The van der Waals surface area contributed by atoms with Gasteiger partial charge in [-0.05, 0) is 18.9 Å². The van der Waals surface area contributed by atoms with E-state index in [0.29, 0.717) is 10.7 Å². The maximum atomic E-state index is 9.49. The normalized spacial score (nSPS) is 9.73. The second kappa shape index (κ2) is 6.75. The molecule has 15 heavy (non-hydrogen) atoms. The van der Waals surface area contributed by atoms with Gasteiger partial charge in [-0.2, -0.15) is 4.73 Å². The molecule has 86 valence electrons. The maximum Gasteiger partial charge on any atom is 0.162 e. The third-order valence-corrected chi connectivity index (χ3v) is 2.33. The van der Waals surface area contributed by atoms with Crippen LogP contribution in [0.2, 0.25) is 5.02 Å². The van der Waals surface area contributed by atoms with E-state index in [4.69, 9.17) is 17.0 Å². The number of rotatable bonds is 4. The molecule has 0 bridgehead atoms. The Balaban J connectivity index is 0.00000196. The van der Waals surface area contributed by atoms with Gasteiger partial charge in [0.05, 0.1) is 5.69 Å². The monoisotopic (exact) mass is 250 g/mol. The van der Waals surface area contributed by atoms with Gasteiger partial charge >= 0.3 is 0 Å². The SMILES string of the molecule is CCCCCc1cc(Cl)cc(=N)n1O.Cl. The highest BCUT2D eigenvalue weighted by Gasteiger charge is 2.02. The van der Waals surface area contributed by atoms with Gasteiger partial charge in [0.2, 0.25) is 0 Å². The molecule has 2 N–H and O–H groups in total. The molecule has 0 aliphatic rings. The zero-order valence-corrected chi connectivity index (χ0v) is 10.2. The van der Waals surface area contributed by atoms with Crippen LogP contribution in [0, 0.1) is 5.41 Å². The van der Waals surface area contributed by atoms with Crippen LogP contribution < -0.4 is 5.49 Å². The number of hydrogen-bond acceptors (Lipinski definition) is 2. The molecule has 0 atom stereocenters. The van der Waals surface area contributed by atoms with Crippen LogP contribution in [0.15, 0.2) is 12.1 Å². The topological polar surface area (TPSA) is 49.0 Å². The number of nitrogens with one attached hydrogen (secondary N) is 1. The summed E-state index contributed by atoms with van der Waals surface area (Å²) in [5.41, 5.74) is 0.736. The molecule has 1 aromatic heterocycles. The minimum atomic E-state index is 0. The van der Waals surface area contributed by atoms with Crippen LogP contribution in [0.5, 0.6) is 0 Å². The summed E-state index contributed by atoms with van der Waals surface area (Å²) in [5, 5.41) is 17.4. The van der Waals surface area contributed by atoms with Gasteiger partial charge in [-0.3, -0.25) is 5.41 Å². The number of nitrogens with zero attached hydrogens (tertiary/aromatic N) is 1. The van der Waals surface area contributed by atoms with Crippen molar-refractivity contribution in [2.75, 3.05) is 0 Å². The van der Waals surface area contributed by atoms with E-state index in [1.165, 1.54) is 6.07 Å². The van der Waals surface area contributed by atoms with Crippen molar-refractivity contribution in [1.29, 1.82) is 5.41 Å². The first kappa shape index (κ1) is 14.3. The Kier molecular flexibility index (Phi) is 6.45. The molecule has 0 radical (unpaired) electrons. The van der Waals surface area contributed by atoms with E-state index >= 15 is 0 Å². The van der Waals surface area contributed by atoms with Gasteiger partial charge in [-0.1, -0.05) is 31.4 Å². The van der Waals surface area contributed by atoms with Crippen molar-refractivity contribution < 1.29 is 5.21 Å². The van der Waals surface area contributed by atoms with Crippen LogP contribution in [0.25, 0.3) is 0 Å². The number of unbranched alkanes of at least 4 members (excludes halogenated alkanes) is 2. The van der Waals surface area contributed by atoms with Crippen molar-refractivity contribution in [3.63, 3.8) is 0 Å². The fraction of sp³-hybridized carbons (Fsp3) is 0.500. The summed E-state index contributed by atoms with van der Waals surface area (Å²) in [6.07, 6.45) is 4.03. The minimum absolute atomic E-state index is 0. The van der Waals surface area contributed by atoms with Crippen LogP contribution >= 0.6 is 24.0 Å². The summed E-state index contributed by atoms with van der Waals surface area (Å²) < 4.78 is 0.890. The highest BCUT2D eigenvalue weighted by molar-refractivity contribution is 6.30. The summed E-state index contributed by atoms with van der Waals surface area (Å²) in [4.78, 5) is 0. The summed E-state index contributed by atoms with van der Waals surface area (Å²) in [5.74, 6) is 0. The van der Waals surface area contributed by atoms with Gasteiger partial charge < -0.3 is 5.21 Å². The van der Waals surface area contributed by atoms with E-state index in [-0.39, 0.29) is 17.9 Å². The number of pyridine rings is 1. The molecule has 1 rings (SSSR count). The molecule has 0 fully saturated rings. The van der Waals surface area contributed by atoms with Gasteiger partial charge in [-0.15, -0.1) is 12.4 Å². The number of hydrogen-bond donors (Lipinski definition) is 2. The van der Waals surface area contributed by atoms with Crippen LogP contribution in [-0.4, -0.2) is 9.94 Å². The molecule has 0 spiro atoms. The molecular weight excluding hydrogens is 235 g/mol. The van der Waals surface area contributed by atoms with Crippen molar-refractivity contribution in [1.82, 2.24) is 4.73 Å². The summed E-state index contributed by atoms with van der Waals surface area (Å²) in [6, 6.07) is 3.13. The summed E-state index contributed by atoms with van der Waals surface area (Å²) in [6.45, 7) is 2.13. The molecule has 3 nitrogen and oxygen atoms in total. The third kappa shape index (κ3) is 4.14. The second-order valence-electron chi connectivity index (χ2n) is 3.32. The molecule has 0 unspecified atom stereocenters. The van der Waals surface area contributed by atoms with Gasteiger partial charge in [-0.25, -0.2) is 0 Å². The minimum Gasteiger partial charge on any atom is -0.427 e. The smallest absolute Gasteiger partial charge is 0.162 e. The van der Waals surface area contributed by atoms with Crippen LogP contribution in [0.1, 0.15) is 31.9 Å². The molecule has 1 heterocycles. The Bertz CT molecular complexity index is 363. The van der Waals surface area contributed by atoms with E-state index in [1.54, 1.807) is 6.07 Å². The Labute approximate surface area is 101 Å². The van der Waals surface area contributed by atoms with Crippen LogP contribution in [0.4, 0.5) is 0 Å². The number of aromatic nitrogens is 1. The van der Waals surface area contributed by atoms with Crippen LogP contribution in [-0.2, 0) is 6.42 Å². The molecule has 0 aromatic carbocycles. The zero-order valence-electron chi connectivity index (χ0n) is 8.66. The standard InChI is InChI=1S/C10H15ClN2O.ClH/c1-2-3-4-5-9-6-8(11)7-10(12)13(9)14;/h6-7,12,14H,2-5H2,1H3;1H. The lowest BCUT2D eigenvalue weighted by atomic mass is 10.1. The quantitative estimate of drug-likeness (QED) is 0.627. The summed E-state index contributed by atoms with van der Waals surface area (Å²) >= 11 is 5.79. The Morgan fingerprint density at radius 2 is 2.07 bits per heavy atom. The van der Waals surface area contributed by atoms with Crippen molar-refractivity contribution in [2.45, 2.75) is 32.6 Å². The predicted molar refractivity (Wildman–Crippen MR) is 63.0 cm³/mol. The highest BCUT2D eigenvalue weighted by atomic mass is 35.5. The predicted octanol–water partition coefficient (Wildman–Crippen LogP) is 3.01. The highest BCUT2D eigenvalue weighted by Crippen LogP contribution is 2.10. The number of aryl methyl sites for hydroxylation is 1. The Morgan fingerprint density at radius 1 is 1.40 bits per heavy atom. The molecule has 0 saturated heterocycles. The fourth-order valence-corrected chi connectivity index (χ4v) is 1.57. The molecule has 0 saturated carbocycles. The zero-order chi connectivity index (χ0) is 10.6. The van der Waals surface area contributed by atoms with Gasteiger partial charge in [0, 0.05) is 11.1 Å². The lowest BCUT2D eigenvalue weighted by Crippen LogP contribution is -2.20. The Hall–Kier alpha value is -0.670. The second-order valence-corrected chi connectivity index (χ2v) is 3.76. The lowest BCUT2D eigenvalue weighted by molar-refractivity contribution is 0.160. The first-order chi connectivity index (χ1) is 6.65. The van der Waals surface area contributed by atoms with Gasteiger partial charge in [0.1, 0.15) is 0 Å². The van der Waals surface area contributed by atoms with E-state index < -0.39 is 0 Å². The molecule has 5 heteroatoms. The van der Waals surface area contributed by atoms with E-state index in [0.717, 1.165) is 30.4 Å². The largest absolute Gasteiger partial charge is 0.427 e. The van der Waals surface area contributed by atoms with Crippen molar-refractivity contribution in [3.8, 4) is 0 Å². The van der Waals surface area contributed by atoms with Crippen molar-refractivity contribution in [2.24, 2.45) is 0 Å². The van der Waals surface area contributed by atoms with Gasteiger partial charge in [0.25, 0.3) is 0 Å². The van der Waals surface area contributed by atoms with E-state index in [9.17, 15) is 5.21 Å². The van der Waals surface area contributed by atoms with Crippen molar-refractivity contribution in [3.05, 3.63) is 28.3 Å². The molecule has 0 aliphatic heterocycles. The maximum absolute atomic E-state index is 9.49. The van der Waals surface area contributed by atoms with Gasteiger partial charge in [0.15, 0.2) is 5.49 Å². The van der Waals surface area contributed by atoms with E-state index in [1.807, 2.05) is 0 Å². The third-order valence-electron chi connectivity index (χ3n) is 2.12. The molecule has 1 aromatic rings. The number of halogens is 2. The van der Waals surface area contributed by atoms with Crippen molar-refractivity contribution >= 4 is 24.0 Å². The summed E-state index contributed by atoms with van der Waals surface area (Å²) in [7, 11) is 0. The fourth-order valence-electron chi connectivity index (χ4n) is 1.34.